The summed E-state index contributed by atoms with van der Waals surface area (Å²) in [6, 6.07) is 9.08. The molecule has 0 amide bonds. The zero-order valence-corrected chi connectivity index (χ0v) is 18.5. The molecule has 1 N–H and O–H groups in total. The minimum Gasteiger partial charge on any atom is -0.357 e. The molecule has 1 saturated heterocycles. The maximum atomic E-state index is 4.81. The van der Waals surface area contributed by atoms with E-state index in [0.717, 1.165) is 56.9 Å². The van der Waals surface area contributed by atoms with Gasteiger partial charge in [-0.1, -0.05) is 38.1 Å². The lowest BCUT2D eigenvalue weighted by Gasteiger charge is -2.36. The van der Waals surface area contributed by atoms with Crippen molar-refractivity contribution in [2.24, 2.45) is 12.0 Å². The smallest absolute Gasteiger partial charge is 0.194 e. The van der Waals surface area contributed by atoms with Crippen molar-refractivity contribution in [3.63, 3.8) is 0 Å². The summed E-state index contributed by atoms with van der Waals surface area (Å²) in [5, 5.41) is 11.8. The number of piperazine rings is 1. The Morgan fingerprint density at radius 2 is 1.79 bits per heavy atom. The van der Waals surface area contributed by atoms with E-state index in [9.17, 15) is 0 Å². The highest BCUT2D eigenvalue weighted by Gasteiger charge is 2.20. The quantitative estimate of drug-likeness (QED) is 0.600. The SMILES string of the molecule is CCNC(=NCc1nnc(C)n1C)N1CCN(Cc2ccc(C(C)C)cc2)CC1. The summed E-state index contributed by atoms with van der Waals surface area (Å²) in [5.41, 5.74) is 2.80. The number of hydrogen-bond donors (Lipinski definition) is 1. The largest absolute Gasteiger partial charge is 0.357 e. The van der Waals surface area contributed by atoms with Gasteiger partial charge in [-0.25, -0.2) is 4.99 Å². The van der Waals surface area contributed by atoms with E-state index in [0.29, 0.717) is 12.5 Å². The van der Waals surface area contributed by atoms with E-state index in [2.05, 4.69) is 70.4 Å². The predicted molar refractivity (Wildman–Crippen MR) is 118 cm³/mol. The first-order valence-electron chi connectivity index (χ1n) is 10.7. The summed E-state index contributed by atoms with van der Waals surface area (Å²) in [7, 11) is 1.99. The van der Waals surface area contributed by atoms with Crippen LogP contribution in [0.25, 0.3) is 0 Å². The lowest BCUT2D eigenvalue weighted by atomic mass is 10.0. The monoisotopic (exact) mass is 397 g/mol. The topological polar surface area (TPSA) is 61.6 Å². The Bertz CT molecular complexity index is 799. The maximum Gasteiger partial charge on any atom is 0.194 e. The number of aromatic nitrogens is 3. The van der Waals surface area contributed by atoms with Crippen molar-refractivity contribution in [3.8, 4) is 0 Å². The second-order valence-electron chi connectivity index (χ2n) is 8.05. The van der Waals surface area contributed by atoms with Gasteiger partial charge < -0.3 is 14.8 Å². The Kier molecular flexibility index (Phi) is 7.25. The van der Waals surface area contributed by atoms with Gasteiger partial charge in [-0.15, -0.1) is 10.2 Å². The fourth-order valence-corrected chi connectivity index (χ4v) is 3.54. The molecule has 0 unspecified atom stereocenters. The highest BCUT2D eigenvalue weighted by Crippen LogP contribution is 2.16. The molecule has 1 aromatic heterocycles. The molecule has 7 nitrogen and oxygen atoms in total. The Hall–Kier alpha value is -2.41. The molecule has 0 atom stereocenters. The molecular weight excluding hydrogens is 362 g/mol. The third-order valence-electron chi connectivity index (χ3n) is 5.61. The van der Waals surface area contributed by atoms with E-state index in [1.807, 2.05) is 18.5 Å². The number of rotatable bonds is 6. The Morgan fingerprint density at radius 1 is 1.10 bits per heavy atom. The van der Waals surface area contributed by atoms with Crippen molar-refractivity contribution in [2.45, 2.75) is 46.7 Å². The van der Waals surface area contributed by atoms with Crippen LogP contribution in [-0.2, 0) is 20.1 Å². The highest BCUT2D eigenvalue weighted by atomic mass is 15.4. The molecule has 0 bridgehead atoms. The highest BCUT2D eigenvalue weighted by molar-refractivity contribution is 5.80. The molecule has 1 aliphatic rings. The Morgan fingerprint density at radius 3 is 2.34 bits per heavy atom. The predicted octanol–water partition coefficient (Wildman–Crippen LogP) is 2.53. The lowest BCUT2D eigenvalue weighted by molar-refractivity contribution is 0.172. The molecule has 7 heteroatoms. The average Bonchev–Trinajstić information content (AvgIpc) is 3.04. The summed E-state index contributed by atoms with van der Waals surface area (Å²) in [4.78, 5) is 9.68. The van der Waals surface area contributed by atoms with Crippen LogP contribution in [-0.4, -0.2) is 63.2 Å². The molecule has 0 saturated carbocycles. The van der Waals surface area contributed by atoms with Crippen LogP contribution in [0.5, 0.6) is 0 Å². The fourth-order valence-electron chi connectivity index (χ4n) is 3.54. The van der Waals surface area contributed by atoms with Crippen LogP contribution in [0.2, 0.25) is 0 Å². The van der Waals surface area contributed by atoms with Gasteiger partial charge in [-0.05, 0) is 30.9 Å². The summed E-state index contributed by atoms with van der Waals surface area (Å²) >= 11 is 0. The molecule has 0 aliphatic carbocycles. The summed E-state index contributed by atoms with van der Waals surface area (Å²) in [5.74, 6) is 3.35. The number of aryl methyl sites for hydroxylation is 1. The number of nitrogens with one attached hydrogen (secondary N) is 1. The van der Waals surface area contributed by atoms with Gasteiger partial charge >= 0.3 is 0 Å². The molecule has 0 radical (unpaired) electrons. The number of aliphatic imine (C=N–C) groups is 1. The van der Waals surface area contributed by atoms with Crippen LogP contribution < -0.4 is 5.32 Å². The van der Waals surface area contributed by atoms with Crippen molar-refractivity contribution in [1.29, 1.82) is 0 Å². The van der Waals surface area contributed by atoms with Crippen molar-refractivity contribution in [1.82, 2.24) is 29.9 Å². The number of guanidine groups is 1. The van der Waals surface area contributed by atoms with Crippen molar-refractivity contribution in [3.05, 3.63) is 47.0 Å². The van der Waals surface area contributed by atoms with Gasteiger partial charge in [-0.2, -0.15) is 0 Å². The van der Waals surface area contributed by atoms with Crippen LogP contribution in [0.1, 0.15) is 49.5 Å². The molecule has 0 spiro atoms. The van der Waals surface area contributed by atoms with E-state index in [4.69, 9.17) is 4.99 Å². The average molecular weight is 398 g/mol. The lowest BCUT2D eigenvalue weighted by Crippen LogP contribution is -2.52. The van der Waals surface area contributed by atoms with E-state index < -0.39 is 0 Å². The molecular formula is C22H35N7. The van der Waals surface area contributed by atoms with E-state index in [1.165, 1.54) is 11.1 Å². The first-order chi connectivity index (χ1) is 14.0. The summed E-state index contributed by atoms with van der Waals surface area (Å²) in [6.07, 6.45) is 0. The normalized spacial score (nSPS) is 15.9. The number of nitrogens with zero attached hydrogens (tertiary/aromatic N) is 6. The first-order valence-corrected chi connectivity index (χ1v) is 10.7. The molecule has 29 heavy (non-hydrogen) atoms. The fraction of sp³-hybridized carbons (Fsp3) is 0.591. The number of hydrogen-bond acceptors (Lipinski definition) is 4. The molecule has 2 heterocycles. The third kappa shape index (κ3) is 5.56. The van der Waals surface area contributed by atoms with E-state index in [1.54, 1.807) is 0 Å². The Balaban J connectivity index is 1.55. The minimum atomic E-state index is 0.544. The zero-order valence-electron chi connectivity index (χ0n) is 18.5. The zero-order chi connectivity index (χ0) is 20.8. The minimum absolute atomic E-state index is 0.544. The van der Waals surface area contributed by atoms with Gasteiger partial charge in [-0.3, -0.25) is 4.90 Å². The number of benzene rings is 1. The summed E-state index contributed by atoms with van der Waals surface area (Å²) in [6.45, 7) is 15.0. The maximum absolute atomic E-state index is 4.81. The second-order valence-corrected chi connectivity index (χ2v) is 8.05. The molecule has 1 aromatic carbocycles. The van der Waals surface area contributed by atoms with E-state index >= 15 is 0 Å². The molecule has 1 fully saturated rings. The van der Waals surface area contributed by atoms with Crippen molar-refractivity contribution >= 4 is 5.96 Å². The van der Waals surface area contributed by atoms with Crippen LogP contribution in [0.4, 0.5) is 0 Å². The van der Waals surface area contributed by atoms with Crippen molar-refractivity contribution in [2.75, 3.05) is 32.7 Å². The van der Waals surface area contributed by atoms with Crippen LogP contribution in [0.3, 0.4) is 0 Å². The third-order valence-corrected chi connectivity index (χ3v) is 5.61. The van der Waals surface area contributed by atoms with Crippen molar-refractivity contribution < 1.29 is 0 Å². The Labute approximate surface area is 174 Å². The summed E-state index contributed by atoms with van der Waals surface area (Å²) < 4.78 is 2.00. The van der Waals surface area contributed by atoms with Gasteiger partial charge in [0, 0.05) is 46.3 Å². The van der Waals surface area contributed by atoms with Crippen LogP contribution in [0.15, 0.2) is 29.3 Å². The second kappa shape index (κ2) is 9.87. The molecule has 2 aromatic rings. The van der Waals surface area contributed by atoms with E-state index in [-0.39, 0.29) is 0 Å². The van der Waals surface area contributed by atoms with Crippen LogP contribution in [0, 0.1) is 6.92 Å². The first kappa shape index (κ1) is 21.3. The van der Waals surface area contributed by atoms with Gasteiger partial charge in [0.05, 0.1) is 0 Å². The van der Waals surface area contributed by atoms with Gasteiger partial charge in [0.2, 0.25) is 0 Å². The molecule has 1 aliphatic heterocycles. The standard InChI is InChI=1S/C22H35N7/c1-6-23-22(24-15-21-26-25-18(4)27(21)5)29-13-11-28(12-14-29)16-19-7-9-20(10-8-19)17(2)3/h7-10,17H,6,11-16H2,1-5H3,(H,23,24). The van der Waals surface area contributed by atoms with Gasteiger partial charge in [0.25, 0.3) is 0 Å². The van der Waals surface area contributed by atoms with Gasteiger partial charge in [0.1, 0.15) is 12.4 Å². The molecule has 158 valence electrons. The molecule has 3 rings (SSSR count). The van der Waals surface area contributed by atoms with Gasteiger partial charge in [0.15, 0.2) is 11.8 Å². The van der Waals surface area contributed by atoms with Crippen LogP contribution >= 0.6 is 0 Å².